The van der Waals surface area contributed by atoms with E-state index in [-0.39, 0.29) is 12.4 Å². The molecule has 2 saturated carbocycles. The SMILES string of the molecule is C[C@@H]1CN(c2ccc(N3CCN(CC4CC4)CC3)c(C3CCC(C)(C)CC3)c2)C[C@H](C)O1.Cl. The Hall–Kier alpha value is -0.970. The molecule has 4 nitrogen and oxygen atoms in total. The van der Waals surface area contributed by atoms with Crippen molar-refractivity contribution in [1.29, 1.82) is 0 Å². The first-order valence-electron chi connectivity index (χ1n) is 13.4. The summed E-state index contributed by atoms with van der Waals surface area (Å²) in [6.45, 7) is 17.5. The molecule has 2 aliphatic heterocycles. The van der Waals surface area contributed by atoms with Gasteiger partial charge in [0.25, 0.3) is 0 Å². The van der Waals surface area contributed by atoms with E-state index in [1.165, 1.54) is 82.6 Å². The predicted molar refractivity (Wildman–Crippen MR) is 142 cm³/mol. The summed E-state index contributed by atoms with van der Waals surface area (Å²) in [6, 6.07) is 7.43. The molecule has 5 heteroatoms. The minimum Gasteiger partial charge on any atom is -0.372 e. The van der Waals surface area contributed by atoms with E-state index in [9.17, 15) is 0 Å². The van der Waals surface area contributed by atoms with Crippen LogP contribution in [0.15, 0.2) is 18.2 Å². The second-order valence-corrected chi connectivity index (χ2v) is 12.1. The van der Waals surface area contributed by atoms with Crippen LogP contribution < -0.4 is 9.80 Å². The van der Waals surface area contributed by atoms with Gasteiger partial charge in [-0.2, -0.15) is 0 Å². The molecule has 4 aliphatic rings. The number of rotatable bonds is 5. The van der Waals surface area contributed by atoms with Crippen LogP contribution >= 0.6 is 12.4 Å². The van der Waals surface area contributed by atoms with E-state index >= 15 is 0 Å². The van der Waals surface area contributed by atoms with Gasteiger partial charge in [0.2, 0.25) is 0 Å². The molecule has 5 rings (SSSR count). The Morgan fingerprint density at radius 1 is 0.879 bits per heavy atom. The molecule has 0 spiro atoms. The first-order chi connectivity index (χ1) is 15.4. The third-order valence-corrected chi connectivity index (χ3v) is 8.50. The highest BCUT2D eigenvalue weighted by Gasteiger charge is 2.32. The number of benzene rings is 1. The normalized spacial score (nSPS) is 29.1. The van der Waals surface area contributed by atoms with Crippen LogP contribution in [0.5, 0.6) is 0 Å². The molecule has 186 valence electrons. The molecule has 2 atom stereocenters. The zero-order chi connectivity index (χ0) is 22.3. The van der Waals surface area contributed by atoms with Crippen LogP contribution in [0, 0.1) is 11.3 Å². The van der Waals surface area contributed by atoms with Gasteiger partial charge in [-0.15, -0.1) is 12.4 Å². The minimum absolute atomic E-state index is 0. The van der Waals surface area contributed by atoms with Gasteiger partial charge < -0.3 is 14.5 Å². The third-order valence-electron chi connectivity index (χ3n) is 8.50. The highest BCUT2D eigenvalue weighted by atomic mass is 35.5. The van der Waals surface area contributed by atoms with Crippen LogP contribution in [0.25, 0.3) is 0 Å². The predicted octanol–water partition coefficient (Wildman–Crippen LogP) is 5.94. The first kappa shape index (κ1) is 25.1. The summed E-state index contributed by atoms with van der Waals surface area (Å²) in [7, 11) is 0. The van der Waals surface area contributed by atoms with E-state index in [4.69, 9.17) is 4.74 Å². The Balaban J connectivity index is 0.00000259. The molecule has 2 saturated heterocycles. The van der Waals surface area contributed by atoms with Crippen molar-refractivity contribution in [2.24, 2.45) is 11.3 Å². The van der Waals surface area contributed by atoms with Gasteiger partial charge in [0.15, 0.2) is 0 Å². The Kier molecular flexibility index (Phi) is 7.87. The summed E-state index contributed by atoms with van der Waals surface area (Å²) in [4.78, 5) is 7.97. The number of halogens is 1. The maximum absolute atomic E-state index is 6.01. The average Bonchev–Trinajstić information content (AvgIpc) is 3.57. The van der Waals surface area contributed by atoms with Crippen molar-refractivity contribution >= 4 is 23.8 Å². The Morgan fingerprint density at radius 2 is 1.52 bits per heavy atom. The fourth-order valence-corrected chi connectivity index (χ4v) is 6.29. The number of nitrogens with zero attached hydrogens (tertiary/aromatic N) is 3. The van der Waals surface area contributed by atoms with Crippen LogP contribution in [-0.2, 0) is 4.74 Å². The van der Waals surface area contributed by atoms with E-state index in [0.29, 0.717) is 23.5 Å². The van der Waals surface area contributed by atoms with E-state index in [1.54, 1.807) is 5.56 Å². The molecule has 2 aliphatic carbocycles. The molecule has 2 heterocycles. The number of hydrogen-bond acceptors (Lipinski definition) is 4. The van der Waals surface area contributed by atoms with Gasteiger partial charge in [0.05, 0.1) is 12.2 Å². The number of hydrogen-bond donors (Lipinski definition) is 0. The molecule has 1 aromatic rings. The van der Waals surface area contributed by atoms with E-state index in [2.05, 4.69) is 60.6 Å². The second-order valence-electron chi connectivity index (χ2n) is 12.1. The van der Waals surface area contributed by atoms with Crippen molar-refractivity contribution in [3.8, 4) is 0 Å². The summed E-state index contributed by atoms with van der Waals surface area (Å²) >= 11 is 0. The van der Waals surface area contributed by atoms with Crippen molar-refractivity contribution in [1.82, 2.24) is 4.90 Å². The molecule has 0 bridgehead atoms. The molecular formula is C28H46ClN3O. The van der Waals surface area contributed by atoms with E-state index in [1.807, 2.05) is 0 Å². The van der Waals surface area contributed by atoms with Crippen LogP contribution in [-0.4, -0.2) is 62.9 Å². The average molecular weight is 476 g/mol. The topological polar surface area (TPSA) is 19.0 Å². The van der Waals surface area contributed by atoms with Gasteiger partial charge in [-0.3, -0.25) is 4.90 Å². The lowest BCUT2D eigenvalue weighted by Gasteiger charge is -2.41. The summed E-state index contributed by atoms with van der Waals surface area (Å²) in [5.74, 6) is 1.71. The quantitative estimate of drug-likeness (QED) is 0.524. The highest BCUT2D eigenvalue weighted by molar-refractivity contribution is 5.85. The van der Waals surface area contributed by atoms with Gasteiger partial charge in [-0.25, -0.2) is 0 Å². The smallest absolute Gasteiger partial charge is 0.0726 e. The lowest BCUT2D eigenvalue weighted by atomic mass is 9.71. The van der Waals surface area contributed by atoms with Crippen molar-refractivity contribution in [3.63, 3.8) is 0 Å². The Labute approximate surface area is 208 Å². The summed E-state index contributed by atoms with van der Waals surface area (Å²) < 4.78 is 6.01. The maximum atomic E-state index is 6.01. The van der Waals surface area contributed by atoms with Crippen molar-refractivity contribution in [2.45, 2.75) is 84.3 Å². The number of morpholine rings is 1. The molecule has 0 amide bonds. The van der Waals surface area contributed by atoms with Gasteiger partial charge in [-0.05, 0) is 93.4 Å². The minimum atomic E-state index is 0. The molecule has 4 fully saturated rings. The monoisotopic (exact) mass is 475 g/mol. The largest absolute Gasteiger partial charge is 0.372 e. The Bertz CT molecular complexity index is 767. The summed E-state index contributed by atoms with van der Waals surface area (Å²) in [5, 5.41) is 0. The van der Waals surface area contributed by atoms with Crippen molar-refractivity contribution in [3.05, 3.63) is 23.8 Å². The number of piperazine rings is 1. The van der Waals surface area contributed by atoms with Crippen LogP contribution in [0.4, 0.5) is 11.4 Å². The molecule has 1 aromatic carbocycles. The van der Waals surface area contributed by atoms with Gasteiger partial charge >= 0.3 is 0 Å². The highest BCUT2D eigenvalue weighted by Crippen LogP contribution is 2.46. The molecule has 33 heavy (non-hydrogen) atoms. The number of anilines is 2. The fraction of sp³-hybridized carbons (Fsp3) is 0.786. The summed E-state index contributed by atoms with van der Waals surface area (Å²) in [5.41, 5.74) is 5.07. The Morgan fingerprint density at radius 3 is 2.12 bits per heavy atom. The molecule has 0 radical (unpaired) electrons. The third kappa shape index (κ3) is 6.18. The maximum Gasteiger partial charge on any atom is 0.0726 e. The van der Waals surface area contributed by atoms with Crippen molar-refractivity contribution in [2.75, 3.05) is 55.6 Å². The lowest BCUT2D eigenvalue weighted by Crippen LogP contribution is -2.47. The van der Waals surface area contributed by atoms with Gasteiger partial charge in [0, 0.05) is 57.2 Å². The zero-order valence-electron chi connectivity index (χ0n) is 21.4. The zero-order valence-corrected chi connectivity index (χ0v) is 22.2. The van der Waals surface area contributed by atoms with E-state index in [0.717, 1.165) is 19.0 Å². The lowest BCUT2D eigenvalue weighted by molar-refractivity contribution is -0.00522. The van der Waals surface area contributed by atoms with Crippen LogP contribution in [0.2, 0.25) is 0 Å². The van der Waals surface area contributed by atoms with Crippen molar-refractivity contribution < 1.29 is 4.74 Å². The van der Waals surface area contributed by atoms with Gasteiger partial charge in [0.1, 0.15) is 0 Å². The molecular weight excluding hydrogens is 430 g/mol. The first-order valence-corrected chi connectivity index (χ1v) is 13.4. The molecule has 0 N–H and O–H groups in total. The molecule has 0 unspecified atom stereocenters. The standard InChI is InChI=1S/C28H45N3O.ClH/c1-21-18-31(19-22(2)32-21)25-7-8-27(26(17-25)24-9-11-28(3,4)12-10-24)30-15-13-29(14-16-30)20-23-5-6-23;/h7-8,17,21-24H,5-6,9-16,18-20H2,1-4H3;1H/t21-,22+;. The molecule has 0 aromatic heterocycles. The van der Waals surface area contributed by atoms with E-state index < -0.39 is 0 Å². The van der Waals surface area contributed by atoms with Gasteiger partial charge in [-0.1, -0.05) is 13.8 Å². The summed E-state index contributed by atoms with van der Waals surface area (Å²) in [6.07, 6.45) is 8.89. The fourth-order valence-electron chi connectivity index (χ4n) is 6.29. The van der Waals surface area contributed by atoms with Crippen LogP contribution in [0.1, 0.15) is 77.7 Å². The second kappa shape index (κ2) is 10.3. The number of ether oxygens (including phenoxy) is 1. The van der Waals surface area contributed by atoms with Crippen LogP contribution in [0.3, 0.4) is 0 Å².